The maximum absolute atomic E-state index is 13.1. The van der Waals surface area contributed by atoms with Crippen molar-refractivity contribution in [3.05, 3.63) is 89.4 Å². The summed E-state index contributed by atoms with van der Waals surface area (Å²) in [7, 11) is 0. The summed E-state index contributed by atoms with van der Waals surface area (Å²) in [6.45, 7) is 7.76. The van der Waals surface area contributed by atoms with E-state index in [4.69, 9.17) is 13.9 Å². The number of furan rings is 1. The van der Waals surface area contributed by atoms with Crippen LogP contribution in [0.5, 0.6) is 5.75 Å². The van der Waals surface area contributed by atoms with Gasteiger partial charge in [-0.1, -0.05) is 42.5 Å². The summed E-state index contributed by atoms with van der Waals surface area (Å²) in [5.74, 6) is 1.21. The topological polar surface area (TPSA) is 72.2 Å². The molecule has 1 unspecified atom stereocenters. The molecule has 7 heteroatoms. The van der Waals surface area contributed by atoms with Gasteiger partial charge < -0.3 is 18.8 Å². The van der Waals surface area contributed by atoms with Gasteiger partial charge in [-0.2, -0.15) is 0 Å². The molecule has 1 aromatic heterocycles. The van der Waals surface area contributed by atoms with E-state index in [0.717, 1.165) is 37.4 Å². The number of carbonyl (C=O) groups excluding carboxylic acids is 2. The lowest BCUT2D eigenvalue weighted by Crippen LogP contribution is -2.42. The monoisotopic (exact) mass is 504 g/mol. The number of esters is 1. The fourth-order valence-corrected chi connectivity index (χ4v) is 4.69. The summed E-state index contributed by atoms with van der Waals surface area (Å²) in [5, 5.41) is 0. The maximum atomic E-state index is 13.1. The second-order valence-electron chi connectivity index (χ2n) is 9.32. The molecule has 0 radical (unpaired) electrons. The second-order valence-corrected chi connectivity index (χ2v) is 9.32. The Bertz CT molecular complexity index is 1140. The zero-order chi connectivity index (χ0) is 26.0. The molecule has 3 aromatic rings. The molecule has 2 heterocycles. The third kappa shape index (κ3) is 7.46. The van der Waals surface area contributed by atoms with Crippen molar-refractivity contribution < 1.29 is 23.5 Å². The van der Waals surface area contributed by atoms with Crippen LogP contribution >= 0.6 is 0 Å². The average molecular weight is 505 g/mol. The van der Waals surface area contributed by atoms with Crippen molar-refractivity contribution in [1.29, 1.82) is 0 Å². The van der Waals surface area contributed by atoms with Crippen LogP contribution in [-0.4, -0.2) is 48.0 Å². The van der Waals surface area contributed by atoms with Crippen molar-refractivity contribution in [2.45, 2.75) is 46.3 Å². The number of ether oxygens (including phenoxy) is 2. The first kappa shape index (κ1) is 26.5. The molecule has 1 saturated heterocycles. The quantitative estimate of drug-likeness (QED) is 0.330. The molecule has 0 saturated carbocycles. The fourth-order valence-electron chi connectivity index (χ4n) is 4.69. The van der Waals surface area contributed by atoms with Crippen LogP contribution in [-0.2, 0) is 29.2 Å². The Morgan fingerprint density at radius 3 is 2.35 bits per heavy atom. The number of rotatable bonds is 11. The lowest BCUT2D eigenvalue weighted by molar-refractivity contribution is -0.149. The normalized spacial score (nSPS) is 15.5. The van der Waals surface area contributed by atoms with Gasteiger partial charge in [0.15, 0.2) is 5.76 Å². The molecule has 196 valence electrons. The Balaban J connectivity index is 1.44. The predicted octanol–water partition coefficient (Wildman–Crippen LogP) is 5.30. The summed E-state index contributed by atoms with van der Waals surface area (Å²) in [6.07, 6.45) is 1.52. The van der Waals surface area contributed by atoms with Gasteiger partial charge >= 0.3 is 5.97 Å². The van der Waals surface area contributed by atoms with Crippen molar-refractivity contribution in [3.63, 3.8) is 0 Å². The number of amides is 1. The van der Waals surface area contributed by atoms with E-state index in [2.05, 4.69) is 29.2 Å². The molecule has 1 amide bonds. The zero-order valence-corrected chi connectivity index (χ0v) is 21.7. The average Bonchev–Trinajstić information content (AvgIpc) is 3.39. The highest BCUT2D eigenvalue weighted by Crippen LogP contribution is 2.22. The van der Waals surface area contributed by atoms with Crippen molar-refractivity contribution >= 4 is 11.9 Å². The van der Waals surface area contributed by atoms with E-state index in [9.17, 15) is 9.59 Å². The van der Waals surface area contributed by atoms with Crippen LogP contribution in [0.3, 0.4) is 0 Å². The third-order valence-electron chi connectivity index (χ3n) is 6.47. The van der Waals surface area contributed by atoms with Gasteiger partial charge in [0.05, 0.1) is 25.7 Å². The van der Waals surface area contributed by atoms with Gasteiger partial charge in [-0.25, -0.2) is 0 Å². The molecule has 1 atom stereocenters. The number of benzene rings is 2. The zero-order valence-electron chi connectivity index (χ0n) is 21.7. The Hall–Kier alpha value is -3.58. The molecule has 4 rings (SSSR count). The van der Waals surface area contributed by atoms with Gasteiger partial charge in [-0.3, -0.25) is 14.5 Å². The van der Waals surface area contributed by atoms with Crippen LogP contribution in [0.2, 0.25) is 0 Å². The molecule has 37 heavy (non-hydrogen) atoms. The minimum atomic E-state index is -0.275. The molecular weight excluding hydrogens is 468 g/mol. The molecule has 2 aromatic carbocycles. The molecule has 0 N–H and O–H groups in total. The lowest BCUT2D eigenvalue weighted by atomic mass is 9.98. The standard InChI is InChI=1S/C30H36N2O5/c1-3-35-26-14-12-24(13-15-26)20-31(19-23-9-6-5-7-10-23)22-27-16-17-28(37-27)29(33)32-18-8-11-25(21-32)30(34)36-4-2/h5-7,9-10,12-17,25H,3-4,8,11,18-22H2,1-2H3. The van der Waals surface area contributed by atoms with Crippen molar-refractivity contribution in [1.82, 2.24) is 9.80 Å². The van der Waals surface area contributed by atoms with Gasteiger partial charge in [-0.05, 0) is 62.1 Å². The third-order valence-corrected chi connectivity index (χ3v) is 6.47. The SMILES string of the molecule is CCOC(=O)C1CCCN(C(=O)c2ccc(CN(Cc3ccccc3)Cc3ccc(OCC)cc3)o2)C1. The highest BCUT2D eigenvalue weighted by molar-refractivity contribution is 5.92. The first-order chi connectivity index (χ1) is 18.1. The van der Waals surface area contributed by atoms with E-state index in [-0.39, 0.29) is 17.8 Å². The van der Waals surface area contributed by atoms with Crippen molar-refractivity contribution in [3.8, 4) is 5.75 Å². The molecular formula is C30H36N2O5. The van der Waals surface area contributed by atoms with Crippen LogP contribution in [0.15, 0.2) is 71.1 Å². The van der Waals surface area contributed by atoms with Crippen LogP contribution in [0.25, 0.3) is 0 Å². The summed E-state index contributed by atoms with van der Waals surface area (Å²) >= 11 is 0. The van der Waals surface area contributed by atoms with Crippen LogP contribution in [0, 0.1) is 5.92 Å². The number of hydrogen-bond acceptors (Lipinski definition) is 6. The number of nitrogens with zero attached hydrogens (tertiary/aromatic N) is 2. The van der Waals surface area contributed by atoms with Crippen molar-refractivity contribution in [2.75, 3.05) is 26.3 Å². The summed E-state index contributed by atoms with van der Waals surface area (Å²) in [5.41, 5.74) is 2.37. The molecule has 7 nitrogen and oxygen atoms in total. The van der Waals surface area contributed by atoms with Gasteiger partial charge in [-0.15, -0.1) is 0 Å². The fraction of sp³-hybridized carbons (Fsp3) is 0.400. The number of likely N-dealkylation sites (tertiary alicyclic amines) is 1. The molecule has 1 aliphatic rings. The number of carbonyl (C=O) groups is 2. The van der Waals surface area contributed by atoms with E-state index in [1.807, 2.05) is 43.3 Å². The molecule has 1 aliphatic heterocycles. The van der Waals surface area contributed by atoms with Crippen LogP contribution in [0.4, 0.5) is 0 Å². The summed E-state index contributed by atoms with van der Waals surface area (Å²) in [6, 6.07) is 22.1. The lowest BCUT2D eigenvalue weighted by Gasteiger charge is -2.30. The van der Waals surface area contributed by atoms with Gasteiger partial charge in [0.25, 0.3) is 5.91 Å². The van der Waals surface area contributed by atoms with E-state index in [1.54, 1.807) is 17.9 Å². The smallest absolute Gasteiger partial charge is 0.310 e. The molecule has 0 spiro atoms. The molecule has 1 fully saturated rings. The van der Waals surface area contributed by atoms with Crippen LogP contribution in [0.1, 0.15) is 54.1 Å². The summed E-state index contributed by atoms with van der Waals surface area (Å²) < 4.78 is 16.8. The minimum Gasteiger partial charge on any atom is -0.494 e. The molecule has 0 aliphatic carbocycles. The highest BCUT2D eigenvalue weighted by Gasteiger charge is 2.31. The highest BCUT2D eigenvalue weighted by atomic mass is 16.5. The Labute approximate surface area is 219 Å². The largest absolute Gasteiger partial charge is 0.494 e. The van der Waals surface area contributed by atoms with Gasteiger partial charge in [0, 0.05) is 26.2 Å². The Kier molecular flexibility index (Phi) is 9.38. The Morgan fingerprint density at radius 2 is 1.65 bits per heavy atom. The second kappa shape index (κ2) is 13.1. The van der Waals surface area contributed by atoms with Gasteiger partial charge in [0.2, 0.25) is 0 Å². The van der Waals surface area contributed by atoms with E-state index >= 15 is 0 Å². The predicted molar refractivity (Wildman–Crippen MR) is 141 cm³/mol. The van der Waals surface area contributed by atoms with E-state index in [0.29, 0.717) is 38.6 Å². The van der Waals surface area contributed by atoms with E-state index < -0.39 is 0 Å². The van der Waals surface area contributed by atoms with Gasteiger partial charge in [0.1, 0.15) is 11.5 Å². The number of hydrogen-bond donors (Lipinski definition) is 0. The van der Waals surface area contributed by atoms with Crippen molar-refractivity contribution in [2.24, 2.45) is 5.92 Å². The van der Waals surface area contributed by atoms with Crippen LogP contribution < -0.4 is 4.74 Å². The Morgan fingerprint density at radius 1 is 0.919 bits per heavy atom. The first-order valence-corrected chi connectivity index (χ1v) is 13.1. The van der Waals surface area contributed by atoms with E-state index in [1.165, 1.54) is 11.1 Å². The summed E-state index contributed by atoms with van der Waals surface area (Å²) in [4.78, 5) is 29.3. The molecule has 0 bridgehead atoms. The maximum Gasteiger partial charge on any atom is 0.310 e. The minimum absolute atomic E-state index is 0.179. The first-order valence-electron chi connectivity index (χ1n) is 13.1. The number of piperidine rings is 1.